The van der Waals surface area contributed by atoms with Crippen molar-refractivity contribution in [3.8, 4) is 0 Å². The molecule has 3 unspecified atom stereocenters. The molecule has 4 nitrogen and oxygen atoms in total. The smallest absolute Gasteiger partial charge is 0.333 e. The van der Waals surface area contributed by atoms with E-state index in [0.29, 0.717) is 12.2 Å². The lowest BCUT2D eigenvalue weighted by Crippen LogP contribution is -2.51. The quantitative estimate of drug-likeness (QED) is 0.567. The van der Waals surface area contributed by atoms with Crippen molar-refractivity contribution in [2.45, 2.75) is 57.3 Å². The van der Waals surface area contributed by atoms with Gasteiger partial charge in [-0.25, -0.2) is 4.79 Å². The zero-order valence-electron chi connectivity index (χ0n) is 12.3. The normalized spacial score (nSPS) is 33.5. The number of methoxy groups -OCH3 is 1. The molecule has 2 saturated heterocycles. The predicted molar refractivity (Wildman–Crippen MR) is 71.8 cm³/mol. The Morgan fingerprint density at radius 2 is 2.21 bits per heavy atom. The maximum atomic E-state index is 11.8. The van der Waals surface area contributed by atoms with Crippen molar-refractivity contribution in [3.63, 3.8) is 0 Å². The largest absolute Gasteiger partial charge is 0.456 e. The molecule has 0 aliphatic carbocycles. The van der Waals surface area contributed by atoms with Gasteiger partial charge >= 0.3 is 5.97 Å². The van der Waals surface area contributed by atoms with E-state index in [2.05, 4.69) is 6.58 Å². The number of hydrogen-bond acceptors (Lipinski definition) is 4. The number of carbonyl (C=O) groups is 1. The third-order valence-corrected chi connectivity index (χ3v) is 4.36. The second-order valence-electron chi connectivity index (χ2n) is 6.34. The van der Waals surface area contributed by atoms with Crippen molar-refractivity contribution in [1.82, 2.24) is 0 Å². The molecule has 0 spiro atoms. The van der Waals surface area contributed by atoms with Crippen molar-refractivity contribution in [2.75, 3.05) is 13.7 Å². The number of esters is 1. The van der Waals surface area contributed by atoms with Crippen LogP contribution in [0.4, 0.5) is 0 Å². The molecule has 0 amide bonds. The summed E-state index contributed by atoms with van der Waals surface area (Å²) in [6.45, 7) is 9.78. The summed E-state index contributed by atoms with van der Waals surface area (Å²) in [7, 11) is 1.69. The van der Waals surface area contributed by atoms with Crippen molar-refractivity contribution >= 4 is 5.97 Å². The highest BCUT2D eigenvalue weighted by atomic mass is 16.6. The van der Waals surface area contributed by atoms with Crippen molar-refractivity contribution in [2.24, 2.45) is 5.92 Å². The molecule has 0 aromatic carbocycles. The number of fused-ring (bicyclic) bond motifs is 2. The zero-order chi connectivity index (χ0) is 14.3. The van der Waals surface area contributed by atoms with Crippen LogP contribution in [0, 0.1) is 5.92 Å². The van der Waals surface area contributed by atoms with Crippen molar-refractivity contribution in [1.29, 1.82) is 0 Å². The lowest BCUT2D eigenvalue weighted by molar-refractivity contribution is -0.167. The van der Waals surface area contributed by atoms with Crippen LogP contribution < -0.4 is 0 Å². The molecule has 0 N–H and O–H groups in total. The molecule has 0 saturated carbocycles. The lowest BCUT2D eigenvalue weighted by atomic mass is 9.71. The van der Waals surface area contributed by atoms with Gasteiger partial charge in [-0.3, -0.25) is 0 Å². The minimum absolute atomic E-state index is 0.169. The molecule has 2 rings (SSSR count). The summed E-state index contributed by atoms with van der Waals surface area (Å²) in [5.74, 6) is -0.164. The van der Waals surface area contributed by atoms with Gasteiger partial charge in [-0.2, -0.15) is 0 Å². The molecule has 2 bridgehead atoms. The van der Waals surface area contributed by atoms with E-state index in [9.17, 15) is 4.79 Å². The molecule has 0 aromatic heterocycles. The molecule has 2 fully saturated rings. The Bertz CT molecular complexity index is 388. The molecular formula is C15H24O4. The van der Waals surface area contributed by atoms with E-state index < -0.39 is 5.60 Å². The van der Waals surface area contributed by atoms with Gasteiger partial charge in [-0.1, -0.05) is 6.58 Å². The van der Waals surface area contributed by atoms with Crippen LogP contribution in [0.15, 0.2) is 12.2 Å². The highest BCUT2D eigenvalue weighted by molar-refractivity contribution is 5.87. The van der Waals surface area contributed by atoms with Crippen LogP contribution >= 0.6 is 0 Å². The van der Waals surface area contributed by atoms with Crippen LogP contribution in [0.3, 0.4) is 0 Å². The van der Waals surface area contributed by atoms with Gasteiger partial charge in [0, 0.05) is 18.6 Å². The van der Waals surface area contributed by atoms with Gasteiger partial charge in [-0.05, 0) is 40.0 Å². The van der Waals surface area contributed by atoms with E-state index in [1.165, 1.54) is 0 Å². The minimum Gasteiger partial charge on any atom is -0.456 e. The van der Waals surface area contributed by atoms with Gasteiger partial charge in [0.15, 0.2) is 0 Å². The summed E-state index contributed by atoms with van der Waals surface area (Å²) >= 11 is 0. The molecule has 0 aromatic rings. The van der Waals surface area contributed by atoms with E-state index in [1.807, 2.05) is 13.8 Å². The molecular weight excluding hydrogens is 244 g/mol. The zero-order valence-corrected chi connectivity index (χ0v) is 12.3. The number of carbonyl (C=O) groups excluding carboxylic acids is 1. The Labute approximate surface area is 115 Å². The average molecular weight is 268 g/mol. The van der Waals surface area contributed by atoms with Gasteiger partial charge in [0.05, 0.1) is 18.3 Å². The van der Waals surface area contributed by atoms with E-state index in [4.69, 9.17) is 14.2 Å². The van der Waals surface area contributed by atoms with Crippen LogP contribution in [0.2, 0.25) is 0 Å². The maximum Gasteiger partial charge on any atom is 0.333 e. The summed E-state index contributed by atoms with van der Waals surface area (Å²) < 4.78 is 17.1. The number of ether oxygens (including phenoxy) is 3. The standard InChI is InChI=1S/C15H24O4/c1-10(2)13(16)19-14(3,4)12-8-11-6-7-15(12,18-11)9-17-5/h11-12H,1,6-9H2,2-5H3. The first-order valence-corrected chi connectivity index (χ1v) is 6.86. The summed E-state index contributed by atoms with van der Waals surface area (Å²) in [5, 5.41) is 0. The fraction of sp³-hybridized carbons (Fsp3) is 0.800. The van der Waals surface area contributed by atoms with Crippen LogP contribution in [0.1, 0.15) is 40.0 Å². The molecule has 2 heterocycles. The fourth-order valence-corrected chi connectivity index (χ4v) is 3.52. The topological polar surface area (TPSA) is 44.8 Å². The summed E-state index contributed by atoms with van der Waals surface area (Å²) in [6, 6.07) is 0. The van der Waals surface area contributed by atoms with E-state index in [1.54, 1.807) is 14.0 Å². The molecule has 108 valence electrons. The molecule has 0 radical (unpaired) electrons. The van der Waals surface area contributed by atoms with E-state index in [0.717, 1.165) is 19.3 Å². The maximum absolute atomic E-state index is 11.8. The Hall–Kier alpha value is -0.870. The van der Waals surface area contributed by atoms with Crippen LogP contribution in [-0.4, -0.2) is 37.0 Å². The lowest BCUT2D eigenvalue weighted by Gasteiger charge is -2.41. The number of hydrogen-bond donors (Lipinski definition) is 0. The van der Waals surface area contributed by atoms with Gasteiger partial charge in [0.1, 0.15) is 5.60 Å². The third-order valence-electron chi connectivity index (χ3n) is 4.36. The Balaban J connectivity index is 2.15. The van der Waals surface area contributed by atoms with Gasteiger partial charge < -0.3 is 14.2 Å². The Morgan fingerprint density at radius 3 is 2.74 bits per heavy atom. The second kappa shape index (κ2) is 4.91. The van der Waals surface area contributed by atoms with Crippen molar-refractivity contribution in [3.05, 3.63) is 12.2 Å². The molecule has 19 heavy (non-hydrogen) atoms. The number of rotatable bonds is 5. The first kappa shape index (κ1) is 14.5. The Morgan fingerprint density at radius 1 is 1.53 bits per heavy atom. The van der Waals surface area contributed by atoms with E-state index in [-0.39, 0.29) is 23.6 Å². The third kappa shape index (κ3) is 2.56. The summed E-state index contributed by atoms with van der Waals surface area (Å²) in [6.07, 6.45) is 3.26. The van der Waals surface area contributed by atoms with Gasteiger partial charge in [-0.15, -0.1) is 0 Å². The van der Waals surface area contributed by atoms with Crippen LogP contribution in [0.25, 0.3) is 0 Å². The highest BCUT2D eigenvalue weighted by Crippen LogP contribution is 2.52. The van der Waals surface area contributed by atoms with Gasteiger partial charge in [0.2, 0.25) is 0 Å². The molecule has 2 aliphatic heterocycles. The first-order chi connectivity index (χ1) is 8.81. The average Bonchev–Trinajstić information content (AvgIpc) is 2.86. The molecule has 3 atom stereocenters. The molecule has 4 heteroatoms. The fourth-order valence-electron chi connectivity index (χ4n) is 3.52. The molecule has 2 aliphatic rings. The van der Waals surface area contributed by atoms with Crippen molar-refractivity contribution < 1.29 is 19.0 Å². The summed E-state index contributed by atoms with van der Waals surface area (Å²) in [5.41, 5.74) is -0.430. The van der Waals surface area contributed by atoms with E-state index >= 15 is 0 Å². The first-order valence-electron chi connectivity index (χ1n) is 6.86. The van der Waals surface area contributed by atoms with Crippen LogP contribution in [0.5, 0.6) is 0 Å². The summed E-state index contributed by atoms with van der Waals surface area (Å²) in [4.78, 5) is 11.8. The van der Waals surface area contributed by atoms with Crippen LogP contribution in [-0.2, 0) is 19.0 Å². The highest BCUT2D eigenvalue weighted by Gasteiger charge is 2.59. The minimum atomic E-state index is -0.566. The second-order valence-corrected chi connectivity index (χ2v) is 6.34. The predicted octanol–water partition coefficient (Wildman–Crippen LogP) is 2.47. The SMILES string of the molecule is C=C(C)C(=O)OC(C)(C)C1CC2CCC1(COC)O2. The Kier molecular flexibility index (Phi) is 3.76. The van der Waals surface area contributed by atoms with Gasteiger partial charge in [0.25, 0.3) is 0 Å². The monoisotopic (exact) mass is 268 g/mol.